The maximum absolute atomic E-state index is 6.57. The number of nitrogens with one attached hydrogen (secondary N) is 2. The van der Waals surface area contributed by atoms with Crippen molar-refractivity contribution in [1.29, 1.82) is 0 Å². The van der Waals surface area contributed by atoms with Gasteiger partial charge in [-0.15, -0.1) is 24.8 Å². The molecule has 0 unspecified atom stereocenters. The number of halogens is 4. The molecule has 0 bridgehead atoms. The van der Waals surface area contributed by atoms with Gasteiger partial charge in [-0.3, -0.25) is 0 Å². The largest absolute Gasteiger partial charge is 0.375 e. The average Bonchev–Trinajstić information content (AvgIpc) is 3.50. The number of nitrogens with zero attached hydrogens (tertiary/aromatic N) is 3. The lowest BCUT2D eigenvalue weighted by molar-refractivity contribution is 0.0603. The fourth-order valence-electron chi connectivity index (χ4n) is 5.39. The minimum absolute atomic E-state index is 0. The van der Waals surface area contributed by atoms with Crippen LogP contribution in [0.2, 0.25) is 10.0 Å². The fourth-order valence-corrected chi connectivity index (χ4v) is 5.65. The lowest BCUT2D eigenvalue weighted by Gasteiger charge is -2.39. The van der Waals surface area contributed by atoms with Crippen molar-refractivity contribution < 1.29 is 9.47 Å². The minimum atomic E-state index is -0.298. The topological polar surface area (TPSA) is 127 Å². The lowest BCUT2D eigenvalue weighted by atomic mass is 9.89. The van der Waals surface area contributed by atoms with Crippen LogP contribution in [0.1, 0.15) is 36.8 Å². The Morgan fingerprint density at radius 2 is 1.24 bits per heavy atom. The van der Waals surface area contributed by atoms with E-state index in [0.717, 1.165) is 89.9 Å². The molecular formula is C32H43Cl4N7O2. The van der Waals surface area contributed by atoms with Crippen molar-refractivity contribution in [3.8, 4) is 0 Å². The molecule has 246 valence electrons. The third kappa shape index (κ3) is 10.9. The number of rotatable bonds is 9. The Labute approximate surface area is 287 Å². The van der Waals surface area contributed by atoms with E-state index in [1.807, 2.05) is 60.8 Å². The second-order valence-corrected chi connectivity index (χ2v) is 12.5. The van der Waals surface area contributed by atoms with Gasteiger partial charge in [-0.2, -0.15) is 0 Å². The molecule has 2 fully saturated rings. The number of aromatic nitrogens is 3. The number of hydrogen-bond acceptors (Lipinski definition) is 8. The number of aromatic amines is 1. The van der Waals surface area contributed by atoms with E-state index in [-0.39, 0.29) is 35.9 Å². The van der Waals surface area contributed by atoms with Gasteiger partial charge in [0.25, 0.3) is 0 Å². The van der Waals surface area contributed by atoms with Crippen LogP contribution in [0.4, 0.5) is 5.82 Å². The van der Waals surface area contributed by atoms with Gasteiger partial charge in [0.15, 0.2) is 0 Å². The summed E-state index contributed by atoms with van der Waals surface area (Å²) in [6.07, 6.45) is 7.19. The molecule has 9 nitrogen and oxygen atoms in total. The Hall–Kier alpha value is -2.18. The molecule has 6 rings (SSSR count). The van der Waals surface area contributed by atoms with E-state index in [9.17, 15) is 0 Å². The van der Waals surface area contributed by atoms with Crippen LogP contribution in [0.3, 0.4) is 0 Å². The number of ether oxygens (including phenoxy) is 2. The van der Waals surface area contributed by atoms with E-state index in [2.05, 4.69) is 25.2 Å². The summed E-state index contributed by atoms with van der Waals surface area (Å²) in [4.78, 5) is 14.1. The van der Waals surface area contributed by atoms with Crippen molar-refractivity contribution in [3.05, 3.63) is 88.3 Å². The number of fused-ring (bicyclic) bond motifs is 1. The highest BCUT2D eigenvalue weighted by molar-refractivity contribution is 6.30. The Morgan fingerprint density at radius 3 is 1.78 bits per heavy atom. The van der Waals surface area contributed by atoms with Crippen LogP contribution in [0, 0.1) is 0 Å². The van der Waals surface area contributed by atoms with Gasteiger partial charge in [0.2, 0.25) is 0 Å². The molecule has 4 aromatic rings. The molecule has 0 amide bonds. The Bertz CT molecular complexity index is 1430. The van der Waals surface area contributed by atoms with Gasteiger partial charge in [0.05, 0.1) is 31.8 Å². The van der Waals surface area contributed by atoms with E-state index < -0.39 is 0 Å². The van der Waals surface area contributed by atoms with Crippen molar-refractivity contribution in [2.45, 2.75) is 50.0 Å². The van der Waals surface area contributed by atoms with E-state index in [1.54, 1.807) is 6.33 Å². The molecule has 45 heavy (non-hydrogen) atoms. The summed E-state index contributed by atoms with van der Waals surface area (Å²) in [5.74, 6) is 0.973. The first-order valence-corrected chi connectivity index (χ1v) is 15.5. The first-order chi connectivity index (χ1) is 20.8. The SMILES string of the molecule is Cl.Cl.NC1(COCc2ccc(Cl)cc2)CCN(c2ncnc3[nH]ccc23)CC1.NC1(COCc2ccc(Cl)cc2)CCNCC1. The zero-order valence-corrected chi connectivity index (χ0v) is 28.4. The molecule has 2 aromatic heterocycles. The summed E-state index contributed by atoms with van der Waals surface area (Å²) in [6.45, 7) is 6.02. The minimum Gasteiger partial charge on any atom is -0.375 e. The zero-order valence-electron chi connectivity index (χ0n) is 25.2. The van der Waals surface area contributed by atoms with Gasteiger partial charge < -0.3 is 36.1 Å². The summed E-state index contributed by atoms with van der Waals surface area (Å²) in [6, 6.07) is 17.4. The van der Waals surface area contributed by atoms with Gasteiger partial charge in [0.1, 0.15) is 17.8 Å². The summed E-state index contributed by atoms with van der Waals surface area (Å²) >= 11 is 11.7. The fraction of sp³-hybridized carbons (Fsp3) is 0.438. The van der Waals surface area contributed by atoms with Crippen LogP contribution < -0.4 is 21.7 Å². The summed E-state index contributed by atoms with van der Waals surface area (Å²) in [7, 11) is 0. The van der Waals surface area contributed by atoms with Gasteiger partial charge in [-0.05, 0) is 80.2 Å². The average molecular weight is 700 g/mol. The number of hydrogen-bond donors (Lipinski definition) is 4. The standard InChI is InChI=1S/C19H22ClN5O.C13H19ClN2O.2ClH/c20-15-3-1-14(2-4-15)11-26-12-19(21)6-9-25(10-7-19)18-16-5-8-22-17(16)23-13-24-18;14-12-3-1-11(2-4-12)9-17-10-13(15)5-7-16-8-6-13;;/h1-5,8,13H,6-7,9-12,21H2,(H,22,23,24);1-4,16H,5-10,15H2;2*1H. The predicted molar refractivity (Wildman–Crippen MR) is 188 cm³/mol. The molecule has 2 aromatic carbocycles. The summed E-state index contributed by atoms with van der Waals surface area (Å²) in [5.41, 5.74) is 15.5. The molecular weight excluding hydrogens is 656 g/mol. The lowest BCUT2D eigenvalue weighted by Crippen LogP contribution is -2.53. The van der Waals surface area contributed by atoms with Crippen LogP contribution in [0.15, 0.2) is 67.1 Å². The highest BCUT2D eigenvalue weighted by Crippen LogP contribution is 2.28. The smallest absolute Gasteiger partial charge is 0.142 e. The molecule has 4 heterocycles. The van der Waals surface area contributed by atoms with Crippen molar-refractivity contribution in [2.75, 3.05) is 44.3 Å². The summed E-state index contributed by atoms with van der Waals surface area (Å²) < 4.78 is 11.6. The van der Waals surface area contributed by atoms with Gasteiger partial charge in [-0.25, -0.2) is 9.97 Å². The van der Waals surface area contributed by atoms with E-state index in [1.165, 1.54) is 0 Å². The van der Waals surface area contributed by atoms with Crippen molar-refractivity contribution >= 4 is 64.9 Å². The van der Waals surface area contributed by atoms with Crippen molar-refractivity contribution in [1.82, 2.24) is 20.3 Å². The molecule has 2 aliphatic heterocycles. The monoisotopic (exact) mass is 697 g/mol. The Kier molecular flexibility index (Phi) is 14.6. The molecule has 6 N–H and O–H groups in total. The quantitative estimate of drug-likeness (QED) is 0.170. The number of benzene rings is 2. The zero-order chi connectivity index (χ0) is 30.1. The number of nitrogens with two attached hydrogens (primary N) is 2. The van der Waals surface area contributed by atoms with Gasteiger partial charge in [-0.1, -0.05) is 47.5 Å². The molecule has 0 spiro atoms. The van der Waals surface area contributed by atoms with Crippen LogP contribution in [-0.2, 0) is 22.7 Å². The summed E-state index contributed by atoms with van der Waals surface area (Å²) in [5, 5.41) is 5.84. The third-order valence-corrected chi connectivity index (χ3v) is 8.64. The van der Waals surface area contributed by atoms with Gasteiger partial charge in [0, 0.05) is 40.4 Å². The highest BCUT2D eigenvalue weighted by atomic mass is 35.5. The van der Waals surface area contributed by atoms with Crippen LogP contribution in [0.5, 0.6) is 0 Å². The number of H-pyrrole nitrogens is 1. The van der Waals surface area contributed by atoms with Crippen LogP contribution in [-0.4, -0.2) is 65.4 Å². The number of piperidine rings is 2. The molecule has 0 aliphatic carbocycles. The van der Waals surface area contributed by atoms with Crippen LogP contribution >= 0.6 is 48.0 Å². The molecule has 0 atom stereocenters. The van der Waals surface area contributed by atoms with Gasteiger partial charge >= 0.3 is 0 Å². The van der Waals surface area contributed by atoms with E-state index in [4.69, 9.17) is 44.1 Å². The Balaban J connectivity index is 0.000000255. The third-order valence-electron chi connectivity index (χ3n) is 8.13. The second kappa shape index (κ2) is 17.7. The first kappa shape index (κ1) is 37.3. The van der Waals surface area contributed by atoms with Crippen LogP contribution in [0.25, 0.3) is 11.0 Å². The number of anilines is 1. The van der Waals surface area contributed by atoms with Crippen molar-refractivity contribution in [2.24, 2.45) is 11.5 Å². The normalized spacial score (nSPS) is 17.0. The maximum atomic E-state index is 6.57. The molecule has 2 aliphatic rings. The molecule has 0 saturated carbocycles. The van der Waals surface area contributed by atoms with E-state index >= 15 is 0 Å². The predicted octanol–water partition coefficient (Wildman–Crippen LogP) is 5.91. The molecule has 2 saturated heterocycles. The molecule has 0 radical (unpaired) electrons. The van der Waals surface area contributed by atoms with E-state index in [0.29, 0.717) is 26.4 Å². The first-order valence-electron chi connectivity index (χ1n) is 14.8. The molecule has 13 heteroatoms. The second-order valence-electron chi connectivity index (χ2n) is 11.6. The Morgan fingerprint density at radius 1 is 0.733 bits per heavy atom. The maximum Gasteiger partial charge on any atom is 0.142 e. The highest BCUT2D eigenvalue weighted by Gasteiger charge is 2.32. The van der Waals surface area contributed by atoms with Crippen molar-refractivity contribution in [3.63, 3.8) is 0 Å².